The van der Waals surface area contributed by atoms with Crippen molar-refractivity contribution in [3.63, 3.8) is 0 Å². The highest BCUT2D eigenvalue weighted by Crippen LogP contribution is 2.29. The van der Waals surface area contributed by atoms with Crippen molar-refractivity contribution in [2.24, 2.45) is 0 Å². The molecule has 0 aliphatic carbocycles. The van der Waals surface area contributed by atoms with Crippen LogP contribution in [0.1, 0.15) is 11.1 Å². The van der Waals surface area contributed by atoms with E-state index in [1.165, 1.54) is 24.3 Å². The van der Waals surface area contributed by atoms with Gasteiger partial charge in [0.2, 0.25) is 5.91 Å². The lowest BCUT2D eigenvalue weighted by atomic mass is 10.1. The summed E-state index contributed by atoms with van der Waals surface area (Å²) >= 11 is 0. The number of rotatable bonds is 4. The predicted octanol–water partition coefficient (Wildman–Crippen LogP) is 4.19. The molecular formula is C20H19F3N2O2. The number of halogens is 3. The number of morpholine rings is 1. The van der Waals surface area contributed by atoms with Gasteiger partial charge in [-0.05, 0) is 48.0 Å². The van der Waals surface area contributed by atoms with Crippen LogP contribution in [-0.4, -0.2) is 32.2 Å². The summed E-state index contributed by atoms with van der Waals surface area (Å²) < 4.78 is 43.4. The lowest BCUT2D eigenvalue weighted by Gasteiger charge is -2.28. The van der Waals surface area contributed by atoms with E-state index < -0.39 is 17.6 Å². The van der Waals surface area contributed by atoms with Crippen LogP contribution < -0.4 is 10.2 Å². The normalized spacial score (nSPS) is 15.1. The highest BCUT2D eigenvalue weighted by molar-refractivity contribution is 6.02. The molecular weight excluding hydrogens is 357 g/mol. The zero-order valence-electron chi connectivity index (χ0n) is 14.5. The Kier molecular flexibility index (Phi) is 5.81. The van der Waals surface area contributed by atoms with Crippen LogP contribution in [0.15, 0.2) is 54.6 Å². The van der Waals surface area contributed by atoms with Crippen molar-refractivity contribution in [1.82, 2.24) is 0 Å². The molecule has 2 aromatic carbocycles. The fraction of sp³-hybridized carbons (Fsp3) is 0.250. The fourth-order valence-electron chi connectivity index (χ4n) is 2.75. The van der Waals surface area contributed by atoms with E-state index in [0.29, 0.717) is 24.5 Å². The van der Waals surface area contributed by atoms with Gasteiger partial charge >= 0.3 is 6.18 Å². The second-order valence-corrected chi connectivity index (χ2v) is 6.09. The summed E-state index contributed by atoms with van der Waals surface area (Å²) in [7, 11) is 0. The van der Waals surface area contributed by atoms with Crippen molar-refractivity contribution in [1.29, 1.82) is 0 Å². The maximum absolute atomic E-state index is 12.7. The molecule has 1 heterocycles. The Morgan fingerprint density at radius 2 is 1.78 bits per heavy atom. The van der Waals surface area contributed by atoms with Crippen LogP contribution in [0.25, 0.3) is 6.08 Å². The van der Waals surface area contributed by atoms with Gasteiger partial charge in [-0.3, -0.25) is 4.79 Å². The first-order chi connectivity index (χ1) is 12.9. The first-order valence-corrected chi connectivity index (χ1v) is 8.51. The second kappa shape index (κ2) is 8.26. The van der Waals surface area contributed by atoms with Gasteiger partial charge in [0, 0.05) is 30.5 Å². The molecule has 0 bridgehead atoms. The van der Waals surface area contributed by atoms with Crippen LogP contribution in [-0.2, 0) is 15.7 Å². The van der Waals surface area contributed by atoms with Crippen LogP contribution in [0.2, 0.25) is 0 Å². The smallest absolute Gasteiger partial charge is 0.378 e. The monoisotopic (exact) mass is 376 g/mol. The highest BCUT2D eigenvalue weighted by Gasteiger charge is 2.30. The van der Waals surface area contributed by atoms with Gasteiger partial charge in [-0.25, -0.2) is 0 Å². The van der Waals surface area contributed by atoms with Crippen LogP contribution in [0, 0.1) is 0 Å². The van der Waals surface area contributed by atoms with E-state index in [-0.39, 0.29) is 0 Å². The topological polar surface area (TPSA) is 41.6 Å². The summed E-state index contributed by atoms with van der Waals surface area (Å²) in [5.41, 5.74) is 1.23. The van der Waals surface area contributed by atoms with Crippen LogP contribution in [0.4, 0.5) is 24.5 Å². The molecule has 0 unspecified atom stereocenters. The Morgan fingerprint density at radius 3 is 2.44 bits per heavy atom. The van der Waals surface area contributed by atoms with Gasteiger partial charge in [0.1, 0.15) is 0 Å². The first kappa shape index (κ1) is 19.0. The van der Waals surface area contributed by atoms with Gasteiger partial charge in [0.05, 0.1) is 18.8 Å². The number of carbonyl (C=O) groups is 1. The molecule has 1 N–H and O–H groups in total. The van der Waals surface area contributed by atoms with Gasteiger partial charge < -0.3 is 15.0 Å². The molecule has 2 aromatic rings. The van der Waals surface area contributed by atoms with Gasteiger partial charge in [-0.2, -0.15) is 13.2 Å². The van der Waals surface area contributed by atoms with Gasteiger partial charge in [0.15, 0.2) is 0 Å². The maximum atomic E-state index is 12.7. The van der Waals surface area contributed by atoms with Crippen LogP contribution in [0.5, 0.6) is 0 Å². The van der Waals surface area contributed by atoms with E-state index in [4.69, 9.17) is 4.74 Å². The van der Waals surface area contributed by atoms with E-state index in [2.05, 4.69) is 10.2 Å². The molecule has 0 radical (unpaired) electrons. The van der Waals surface area contributed by atoms with Crippen molar-refractivity contribution in [3.05, 3.63) is 65.7 Å². The molecule has 142 valence electrons. The average Bonchev–Trinajstić information content (AvgIpc) is 2.67. The van der Waals surface area contributed by atoms with E-state index in [0.717, 1.165) is 30.9 Å². The predicted molar refractivity (Wildman–Crippen MR) is 98.6 cm³/mol. The molecule has 1 fully saturated rings. The molecule has 27 heavy (non-hydrogen) atoms. The van der Waals surface area contributed by atoms with Crippen molar-refractivity contribution in [3.8, 4) is 0 Å². The number of benzene rings is 2. The quantitative estimate of drug-likeness (QED) is 0.814. The Bertz CT molecular complexity index is 811. The molecule has 0 aromatic heterocycles. The van der Waals surface area contributed by atoms with Crippen molar-refractivity contribution < 1.29 is 22.7 Å². The molecule has 0 spiro atoms. The SMILES string of the molecule is O=C(/C=C/c1cccc(C(F)(F)F)c1)Nc1ccc(N2CCOCC2)cc1. The summed E-state index contributed by atoms with van der Waals surface area (Å²) in [6, 6.07) is 12.2. The lowest BCUT2D eigenvalue weighted by molar-refractivity contribution is -0.137. The molecule has 0 saturated carbocycles. The van der Waals surface area contributed by atoms with E-state index >= 15 is 0 Å². The Morgan fingerprint density at radius 1 is 1.07 bits per heavy atom. The van der Waals surface area contributed by atoms with Crippen molar-refractivity contribution in [2.75, 3.05) is 36.5 Å². The second-order valence-electron chi connectivity index (χ2n) is 6.09. The minimum Gasteiger partial charge on any atom is -0.378 e. The standard InChI is InChI=1S/C20H19F3N2O2/c21-20(22,23)16-3-1-2-15(14-16)4-9-19(26)24-17-5-7-18(8-6-17)25-10-12-27-13-11-25/h1-9,14H,10-13H2,(H,24,26)/b9-4+. The zero-order chi connectivity index (χ0) is 19.3. The zero-order valence-corrected chi connectivity index (χ0v) is 14.5. The van der Waals surface area contributed by atoms with Gasteiger partial charge in [-0.15, -0.1) is 0 Å². The summed E-state index contributed by atoms with van der Waals surface area (Å²) in [6.07, 6.45) is -1.84. The Balaban J connectivity index is 1.59. The van der Waals surface area contributed by atoms with Gasteiger partial charge in [-0.1, -0.05) is 12.1 Å². The van der Waals surface area contributed by atoms with Crippen LogP contribution in [0.3, 0.4) is 0 Å². The third-order valence-electron chi connectivity index (χ3n) is 4.15. The maximum Gasteiger partial charge on any atom is 0.416 e. The molecule has 4 nitrogen and oxygen atoms in total. The third kappa shape index (κ3) is 5.34. The number of amides is 1. The van der Waals surface area contributed by atoms with E-state index in [1.54, 1.807) is 12.1 Å². The summed E-state index contributed by atoms with van der Waals surface area (Å²) in [5, 5.41) is 2.70. The Labute approximate surface area is 155 Å². The number of alkyl halides is 3. The minimum atomic E-state index is -4.41. The number of hydrogen-bond donors (Lipinski definition) is 1. The molecule has 1 saturated heterocycles. The number of ether oxygens (including phenoxy) is 1. The number of anilines is 2. The Hall–Kier alpha value is -2.80. The largest absolute Gasteiger partial charge is 0.416 e. The average molecular weight is 376 g/mol. The van der Waals surface area contributed by atoms with E-state index in [9.17, 15) is 18.0 Å². The number of hydrogen-bond acceptors (Lipinski definition) is 3. The fourth-order valence-corrected chi connectivity index (χ4v) is 2.75. The molecule has 7 heteroatoms. The highest BCUT2D eigenvalue weighted by atomic mass is 19.4. The van der Waals surface area contributed by atoms with Gasteiger partial charge in [0.25, 0.3) is 0 Å². The van der Waals surface area contributed by atoms with Crippen molar-refractivity contribution in [2.45, 2.75) is 6.18 Å². The number of nitrogens with zero attached hydrogens (tertiary/aromatic N) is 1. The summed E-state index contributed by atoms with van der Waals surface area (Å²) in [6.45, 7) is 3.04. The molecule has 0 atom stereocenters. The molecule has 1 aliphatic heterocycles. The van der Waals surface area contributed by atoms with Crippen molar-refractivity contribution >= 4 is 23.4 Å². The first-order valence-electron chi connectivity index (χ1n) is 8.51. The summed E-state index contributed by atoms with van der Waals surface area (Å²) in [5.74, 6) is -0.411. The van der Waals surface area contributed by atoms with E-state index in [1.807, 2.05) is 12.1 Å². The third-order valence-corrected chi connectivity index (χ3v) is 4.15. The lowest BCUT2D eigenvalue weighted by Crippen LogP contribution is -2.36. The number of nitrogens with one attached hydrogen (secondary N) is 1. The molecule has 1 aliphatic rings. The molecule has 1 amide bonds. The van der Waals surface area contributed by atoms with Crippen LogP contribution >= 0.6 is 0 Å². The number of carbonyl (C=O) groups excluding carboxylic acids is 1. The minimum absolute atomic E-state index is 0.308. The molecule has 3 rings (SSSR count). The summed E-state index contributed by atoms with van der Waals surface area (Å²) in [4.78, 5) is 14.2.